The zero-order chi connectivity index (χ0) is 9.00. The Morgan fingerprint density at radius 2 is 0.688 bits per heavy atom. The van der Waals surface area contributed by atoms with Crippen molar-refractivity contribution in [3.63, 3.8) is 0 Å². The van der Waals surface area contributed by atoms with Gasteiger partial charge in [0.2, 0.25) is 0 Å². The summed E-state index contributed by atoms with van der Waals surface area (Å²) in [5.41, 5.74) is 0. The molecule has 16 heteroatoms. The predicted octanol–water partition coefficient (Wildman–Crippen LogP) is -5.63. The van der Waals surface area contributed by atoms with Crippen molar-refractivity contribution in [3.8, 4) is 0 Å². The van der Waals surface area contributed by atoms with Crippen LogP contribution in [-0.4, -0.2) is 46.3 Å². The first-order chi connectivity index (χ1) is 4.00. The van der Waals surface area contributed by atoms with E-state index in [4.69, 9.17) is 20.5 Å². The molecule has 0 amide bonds. The third-order valence-corrected chi connectivity index (χ3v) is 0. The van der Waals surface area contributed by atoms with Crippen LogP contribution in [0.2, 0.25) is 0 Å². The van der Waals surface area contributed by atoms with Gasteiger partial charge < -0.3 is 30.8 Å². The molecule has 0 fully saturated rings. The van der Waals surface area contributed by atoms with Gasteiger partial charge in [0.15, 0.2) is 0 Å². The molecule has 0 aromatic heterocycles. The molecule has 0 saturated carbocycles. The summed E-state index contributed by atoms with van der Waals surface area (Å²) >= 11 is -8.83. The normalized spacial score (nSPS) is 7.38. The van der Waals surface area contributed by atoms with Gasteiger partial charge in [0, 0.05) is 0 Å². The average molecular weight is 439 g/mol. The zero-order valence-corrected chi connectivity index (χ0v) is 17.4. The minimum atomic E-state index is -4.54. The molecule has 0 radical (unpaired) electrons. The van der Waals surface area contributed by atoms with Crippen LogP contribution < -0.4 is 86.2 Å². The van der Waals surface area contributed by atoms with Crippen molar-refractivity contribution in [2.24, 2.45) is 0 Å². The van der Waals surface area contributed by atoms with E-state index in [1.807, 2.05) is 0 Å². The SMILES string of the molecule is N.N.N.N.N.O[As](O)(O)=S.[K+].[O-][As](O)(O)=S. The van der Waals surface area contributed by atoms with Gasteiger partial charge in [-0.25, -0.2) is 0 Å². The van der Waals surface area contributed by atoms with Crippen LogP contribution in [0.25, 0.3) is 0 Å². The van der Waals surface area contributed by atoms with E-state index in [1.54, 1.807) is 0 Å². The van der Waals surface area contributed by atoms with E-state index >= 15 is 0 Å². The second-order valence-corrected chi connectivity index (χ2v) is 10.2. The van der Waals surface area contributed by atoms with Crippen molar-refractivity contribution in [1.29, 1.82) is 0 Å². The van der Waals surface area contributed by atoms with Gasteiger partial charge in [0.25, 0.3) is 0 Å². The second kappa shape index (κ2) is 22.9. The van der Waals surface area contributed by atoms with Crippen LogP contribution in [0.1, 0.15) is 0 Å². The van der Waals surface area contributed by atoms with Gasteiger partial charge >= 0.3 is 123 Å². The first-order valence-corrected chi connectivity index (χ1v) is 11.8. The molecule has 104 valence electrons. The molecule has 0 aliphatic carbocycles. The van der Waals surface area contributed by atoms with Gasteiger partial charge in [-0.15, -0.1) is 0 Å². The van der Waals surface area contributed by atoms with Gasteiger partial charge in [0.1, 0.15) is 0 Å². The van der Waals surface area contributed by atoms with E-state index in [9.17, 15) is 4.10 Å². The van der Waals surface area contributed by atoms with Crippen LogP contribution in [0.5, 0.6) is 0 Å². The minimum absolute atomic E-state index is 0. The summed E-state index contributed by atoms with van der Waals surface area (Å²) in [6, 6.07) is 0. The van der Waals surface area contributed by atoms with E-state index < -0.39 is 25.8 Å². The Balaban J connectivity index is -0.00000000970. The van der Waals surface area contributed by atoms with Crippen molar-refractivity contribution in [2.75, 3.05) is 0 Å². The number of hydrogen-bond donors (Lipinski definition) is 10. The quantitative estimate of drug-likeness (QED) is 0.158. The molecule has 0 aromatic rings. The molecule has 0 atom stereocenters. The molecule has 0 aliphatic heterocycles. The van der Waals surface area contributed by atoms with Crippen molar-refractivity contribution < 1.29 is 76.0 Å². The number of rotatable bonds is 0. The topological polar surface area (TPSA) is 299 Å². The predicted molar refractivity (Wildman–Crippen MR) is 62.9 cm³/mol. The molecule has 16 heavy (non-hydrogen) atoms. The monoisotopic (exact) mass is 439 g/mol. The molecule has 0 heterocycles. The third kappa shape index (κ3) is 548. The fourth-order valence-corrected chi connectivity index (χ4v) is 0. The fraction of sp³-hybridized carbons (Fsp3) is 0. The first-order valence-electron chi connectivity index (χ1n) is 1.55. The van der Waals surface area contributed by atoms with E-state index in [0.29, 0.717) is 0 Å². The molecule has 0 aromatic carbocycles. The Morgan fingerprint density at radius 3 is 0.688 bits per heavy atom. The van der Waals surface area contributed by atoms with Gasteiger partial charge in [0.05, 0.1) is 0 Å². The van der Waals surface area contributed by atoms with E-state index in [2.05, 4.69) is 20.8 Å². The molecule has 20 N–H and O–H groups in total. The van der Waals surface area contributed by atoms with E-state index in [1.165, 1.54) is 0 Å². The fourth-order valence-electron chi connectivity index (χ4n) is 0. The van der Waals surface area contributed by atoms with Gasteiger partial charge in [-0.05, 0) is 0 Å². The second-order valence-electron chi connectivity index (χ2n) is 1.00. The summed E-state index contributed by atoms with van der Waals surface area (Å²) in [7, 11) is 7.22. The summed E-state index contributed by atoms with van der Waals surface area (Å²) in [4.78, 5) is 0. The van der Waals surface area contributed by atoms with E-state index in [-0.39, 0.29) is 82.1 Å². The molecular weight excluding hydrogens is 419 g/mol. The maximum absolute atomic E-state index is 9.20. The Hall–Kier alpha value is 2.75. The van der Waals surface area contributed by atoms with Crippen LogP contribution in [0.3, 0.4) is 0 Å². The number of hydrogen-bond acceptors (Lipinski definition) is 8. The summed E-state index contributed by atoms with van der Waals surface area (Å²) in [6.45, 7) is 0. The third-order valence-electron chi connectivity index (χ3n) is 0. The Kier molecular flexibility index (Phi) is 73.1. The molecule has 11 nitrogen and oxygen atoms in total. The van der Waals surface area contributed by atoms with Crippen molar-refractivity contribution in [2.45, 2.75) is 0 Å². The summed E-state index contributed by atoms with van der Waals surface area (Å²) in [5, 5.41) is 0. The van der Waals surface area contributed by atoms with Crippen LogP contribution in [0, 0.1) is 0 Å². The van der Waals surface area contributed by atoms with Gasteiger partial charge in [-0.1, -0.05) is 0 Å². The Morgan fingerprint density at radius 1 is 0.688 bits per heavy atom. The maximum atomic E-state index is 9.20. The summed E-state index contributed by atoms with van der Waals surface area (Å²) in [6.07, 6.45) is 0. The van der Waals surface area contributed by atoms with Crippen LogP contribution in [-0.2, 0) is 0 Å². The van der Waals surface area contributed by atoms with Gasteiger partial charge in [-0.2, -0.15) is 0 Å². The molecule has 0 bridgehead atoms. The zero-order valence-electron chi connectivity index (χ0n) is 8.89. The van der Waals surface area contributed by atoms with Crippen molar-refractivity contribution in [3.05, 3.63) is 0 Å². The Labute approximate surface area is 151 Å². The summed E-state index contributed by atoms with van der Waals surface area (Å²) in [5.74, 6) is 0. The molecular formula is H20As2KN5O6S2. The average Bonchev–Trinajstić information content (AvgIpc) is 1.12. The molecule has 0 unspecified atom stereocenters. The summed E-state index contributed by atoms with van der Waals surface area (Å²) < 4.78 is 47.1. The van der Waals surface area contributed by atoms with Crippen molar-refractivity contribution >= 4 is 46.6 Å². The van der Waals surface area contributed by atoms with Crippen LogP contribution in [0.4, 0.5) is 0 Å². The van der Waals surface area contributed by atoms with Gasteiger partial charge in [-0.3, -0.25) is 0 Å². The molecule has 0 rings (SSSR count). The van der Waals surface area contributed by atoms with Crippen LogP contribution >= 0.6 is 20.8 Å². The molecule has 0 aliphatic rings. The van der Waals surface area contributed by atoms with Crippen LogP contribution in [0.15, 0.2) is 0 Å². The molecule has 0 saturated heterocycles. The Bertz CT molecular complexity index is 145. The molecule has 0 spiro atoms. The van der Waals surface area contributed by atoms with Crippen molar-refractivity contribution in [1.82, 2.24) is 30.8 Å². The first kappa shape index (κ1) is 51.1. The van der Waals surface area contributed by atoms with E-state index in [0.717, 1.165) is 0 Å². The standard InChI is InChI=1S/2AsH3O3S.K.5H3N/c2*2-1(3,4)5;;;;;;/h2*(H3,2,3,4,5);;5*1H3/q;;+1;;;;;/p-1.